The molecule has 4 heterocycles. The molecule has 0 saturated carbocycles. The lowest BCUT2D eigenvalue weighted by Gasteiger charge is -2.11. The number of fused-ring (bicyclic) bond motifs is 6. The fourth-order valence-corrected chi connectivity index (χ4v) is 8.28. The van der Waals surface area contributed by atoms with Crippen molar-refractivity contribution in [3.63, 3.8) is 0 Å². The van der Waals surface area contributed by atoms with E-state index in [-0.39, 0.29) is 14.9 Å². The van der Waals surface area contributed by atoms with Gasteiger partial charge < -0.3 is 9.13 Å². The molecule has 314 valence electrons. The molecule has 0 fully saturated rings. The van der Waals surface area contributed by atoms with E-state index in [1.54, 1.807) is 6.20 Å². The largest absolute Gasteiger partial charge is 0.340 e. The van der Waals surface area contributed by atoms with Crippen LogP contribution >= 0.6 is 11.6 Å². The van der Waals surface area contributed by atoms with Crippen molar-refractivity contribution in [2.24, 2.45) is 11.8 Å². The molecule has 0 bridgehead atoms. The molecular formula is C57H59ClN4. The number of hydrogen-bond donors (Lipinski definition) is 0. The molecule has 0 aliphatic heterocycles. The Morgan fingerprint density at radius 2 is 0.871 bits per heavy atom. The number of aromatic nitrogens is 4. The monoisotopic (exact) mass is 834 g/mol. The van der Waals surface area contributed by atoms with Gasteiger partial charge in [-0.15, -0.1) is 0 Å². The van der Waals surface area contributed by atoms with Crippen LogP contribution in [0.15, 0.2) is 182 Å². The van der Waals surface area contributed by atoms with Crippen molar-refractivity contribution in [3.05, 3.63) is 193 Å². The highest BCUT2D eigenvalue weighted by atomic mass is 35.5. The van der Waals surface area contributed by atoms with Gasteiger partial charge in [-0.25, -0.2) is 4.98 Å². The fourth-order valence-electron chi connectivity index (χ4n) is 8.10. The molecule has 0 unspecified atom stereocenters. The molecule has 0 N–H and O–H groups in total. The summed E-state index contributed by atoms with van der Waals surface area (Å²) in [6, 6.07) is 59.6. The molecule has 10 rings (SSSR count). The Morgan fingerprint density at radius 1 is 0.419 bits per heavy atom. The highest BCUT2D eigenvalue weighted by Crippen LogP contribution is 2.34. The van der Waals surface area contributed by atoms with Crippen LogP contribution in [0.3, 0.4) is 0 Å². The Labute approximate surface area is 373 Å². The van der Waals surface area contributed by atoms with Crippen LogP contribution < -0.4 is 0 Å². The summed E-state index contributed by atoms with van der Waals surface area (Å²) < 4.78 is 4.92. The predicted octanol–water partition coefficient (Wildman–Crippen LogP) is 16.6. The molecule has 0 aliphatic carbocycles. The minimum atomic E-state index is 0. The number of para-hydroxylation sites is 2. The van der Waals surface area contributed by atoms with Gasteiger partial charge in [0, 0.05) is 74.7 Å². The zero-order chi connectivity index (χ0) is 41.6. The van der Waals surface area contributed by atoms with E-state index in [9.17, 15) is 0 Å². The van der Waals surface area contributed by atoms with Crippen molar-refractivity contribution in [3.8, 4) is 33.5 Å². The van der Waals surface area contributed by atoms with Crippen LogP contribution in [0.5, 0.6) is 0 Å². The number of benzene rings is 6. The van der Waals surface area contributed by atoms with E-state index in [4.69, 9.17) is 11.6 Å². The van der Waals surface area contributed by atoms with Crippen molar-refractivity contribution >= 4 is 55.2 Å². The van der Waals surface area contributed by atoms with Gasteiger partial charge in [0.1, 0.15) is 5.15 Å². The van der Waals surface area contributed by atoms with Crippen molar-refractivity contribution in [1.82, 2.24) is 19.1 Å². The molecule has 0 spiro atoms. The van der Waals surface area contributed by atoms with Crippen LogP contribution in [-0.4, -0.2) is 19.1 Å². The smallest absolute Gasteiger partial charge is 0.129 e. The minimum absolute atomic E-state index is 0. The van der Waals surface area contributed by atoms with E-state index in [0.29, 0.717) is 17.0 Å². The third-order valence-electron chi connectivity index (χ3n) is 10.8. The standard InChI is InChI=1S/C27H24N2.C17H19N.C11H8ClN.2CH4/c1-19(2)18-29-26-11-7-6-10-23(26)24-13-12-22(17-27(24)29)25-16-21(14-15-28-25)20-8-4-3-5-9-20;1-12(2)11-18-16-7-5-4-6-14(16)15-9-8-13(3)10-17(15)18;12-11-8-10(6-7-13-11)9-4-2-1-3-5-9;;/h3-17,19H,18H2,1-2H3;4-10,12H,11H2,1-3H3;1-8H;2*1H4. The molecule has 0 amide bonds. The van der Waals surface area contributed by atoms with E-state index in [2.05, 4.69) is 175 Å². The summed E-state index contributed by atoms with van der Waals surface area (Å²) in [6.45, 7) is 13.3. The second kappa shape index (κ2) is 20.4. The number of hydrogen-bond acceptors (Lipinski definition) is 2. The zero-order valence-corrected chi connectivity index (χ0v) is 35.8. The molecule has 6 aromatic carbocycles. The van der Waals surface area contributed by atoms with E-state index in [1.807, 2.05) is 54.7 Å². The second-order valence-electron chi connectivity index (χ2n) is 16.3. The Hall–Kier alpha value is -6.49. The summed E-state index contributed by atoms with van der Waals surface area (Å²) in [5, 5.41) is 5.90. The average Bonchev–Trinajstić information content (AvgIpc) is 3.75. The normalized spacial score (nSPS) is 10.9. The lowest BCUT2D eigenvalue weighted by atomic mass is 10.0. The van der Waals surface area contributed by atoms with Gasteiger partial charge in [0.25, 0.3) is 0 Å². The average molecular weight is 836 g/mol. The van der Waals surface area contributed by atoms with Gasteiger partial charge in [-0.3, -0.25) is 4.98 Å². The summed E-state index contributed by atoms with van der Waals surface area (Å²) in [5.41, 5.74) is 13.5. The maximum atomic E-state index is 5.78. The Kier molecular flexibility index (Phi) is 14.8. The van der Waals surface area contributed by atoms with Gasteiger partial charge >= 0.3 is 0 Å². The highest BCUT2D eigenvalue weighted by molar-refractivity contribution is 6.29. The third-order valence-corrected chi connectivity index (χ3v) is 11.0. The van der Waals surface area contributed by atoms with Crippen LogP contribution in [0.2, 0.25) is 5.15 Å². The number of nitrogens with zero attached hydrogens (tertiary/aromatic N) is 4. The molecule has 10 aromatic rings. The summed E-state index contributed by atoms with van der Waals surface area (Å²) in [5.74, 6) is 1.24. The van der Waals surface area contributed by atoms with Gasteiger partial charge in [0.05, 0.1) is 5.69 Å². The highest BCUT2D eigenvalue weighted by Gasteiger charge is 2.14. The van der Waals surface area contributed by atoms with Crippen LogP contribution in [0.25, 0.3) is 77.1 Å². The first-order valence-corrected chi connectivity index (χ1v) is 21.3. The van der Waals surface area contributed by atoms with Crippen LogP contribution in [0, 0.1) is 18.8 Å². The van der Waals surface area contributed by atoms with Crippen molar-refractivity contribution in [2.45, 2.75) is 62.6 Å². The fraction of sp³-hybridized carbons (Fsp3) is 0.193. The quantitative estimate of drug-likeness (QED) is 0.150. The van der Waals surface area contributed by atoms with Crippen molar-refractivity contribution in [2.75, 3.05) is 0 Å². The molecular weight excluding hydrogens is 776 g/mol. The Balaban J connectivity index is 0.000000167. The lowest BCUT2D eigenvalue weighted by molar-refractivity contribution is 0.545. The van der Waals surface area contributed by atoms with Crippen LogP contribution in [0.1, 0.15) is 48.1 Å². The van der Waals surface area contributed by atoms with E-state index in [0.717, 1.165) is 35.5 Å². The first kappa shape index (κ1) is 45.0. The number of pyridine rings is 2. The molecule has 0 saturated heterocycles. The van der Waals surface area contributed by atoms with Gasteiger partial charge in [-0.05, 0) is 95.1 Å². The Bertz CT molecular complexity index is 3010. The minimum Gasteiger partial charge on any atom is -0.340 e. The van der Waals surface area contributed by atoms with Gasteiger partial charge in [-0.2, -0.15) is 0 Å². The molecule has 0 atom stereocenters. The molecule has 5 heteroatoms. The number of aryl methyl sites for hydroxylation is 1. The third kappa shape index (κ3) is 9.99. The SMILES string of the molecule is C.C.CC(C)Cn1c2ccccc2c2ccc(-c3cc(-c4ccccc4)ccn3)cc21.Cc1ccc2c3ccccc3n(CC(C)C)c2c1.Clc1cc(-c2ccccc2)ccn1. The molecule has 0 aliphatic rings. The van der Waals surface area contributed by atoms with Crippen molar-refractivity contribution in [1.29, 1.82) is 0 Å². The van der Waals surface area contributed by atoms with Gasteiger partial charge in [0.15, 0.2) is 0 Å². The number of rotatable bonds is 7. The van der Waals surface area contributed by atoms with Crippen LogP contribution in [-0.2, 0) is 13.1 Å². The topological polar surface area (TPSA) is 35.6 Å². The van der Waals surface area contributed by atoms with E-state index in [1.165, 1.54) is 60.3 Å². The summed E-state index contributed by atoms with van der Waals surface area (Å²) in [6.07, 6.45) is 3.62. The lowest BCUT2D eigenvalue weighted by Crippen LogP contribution is -2.03. The zero-order valence-electron chi connectivity index (χ0n) is 35.1. The van der Waals surface area contributed by atoms with E-state index >= 15 is 0 Å². The molecule has 4 nitrogen and oxygen atoms in total. The maximum Gasteiger partial charge on any atom is 0.129 e. The summed E-state index contributed by atoms with van der Waals surface area (Å²) >= 11 is 5.78. The molecule has 4 aromatic heterocycles. The second-order valence-corrected chi connectivity index (χ2v) is 16.7. The molecule has 0 radical (unpaired) electrons. The first-order chi connectivity index (χ1) is 29.2. The van der Waals surface area contributed by atoms with E-state index < -0.39 is 0 Å². The summed E-state index contributed by atoms with van der Waals surface area (Å²) in [7, 11) is 0. The number of halogens is 1. The maximum absolute atomic E-state index is 5.78. The molecule has 62 heavy (non-hydrogen) atoms. The van der Waals surface area contributed by atoms with Crippen LogP contribution in [0.4, 0.5) is 0 Å². The Morgan fingerprint density at radius 3 is 1.40 bits per heavy atom. The van der Waals surface area contributed by atoms with Crippen molar-refractivity contribution < 1.29 is 0 Å². The predicted molar refractivity (Wildman–Crippen MR) is 270 cm³/mol. The van der Waals surface area contributed by atoms with Gasteiger partial charge in [-0.1, -0.05) is 175 Å². The first-order valence-electron chi connectivity index (χ1n) is 20.9. The summed E-state index contributed by atoms with van der Waals surface area (Å²) in [4.78, 5) is 8.61. The van der Waals surface area contributed by atoms with Gasteiger partial charge in [0.2, 0.25) is 0 Å².